The maximum absolute atomic E-state index is 10.9. The van der Waals surface area contributed by atoms with Crippen molar-refractivity contribution in [2.75, 3.05) is 13.2 Å². The van der Waals surface area contributed by atoms with Crippen molar-refractivity contribution in [3.63, 3.8) is 0 Å². The molecule has 1 heterocycles. The topological polar surface area (TPSA) is 58.6 Å². The molecule has 4 nitrogen and oxygen atoms in total. The molecule has 0 aromatic rings. The molecule has 74 valence electrons. The molecule has 4 heteroatoms. The lowest BCUT2D eigenvalue weighted by Gasteiger charge is -2.21. The molecule has 1 amide bonds. The highest BCUT2D eigenvalue weighted by Crippen LogP contribution is 2.15. The predicted octanol–water partition coefficient (Wildman–Crippen LogP) is -0.172. The van der Waals surface area contributed by atoms with Gasteiger partial charge in [-0.2, -0.15) is 0 Å². The summed E-state index contributed by atoms with van der Waals surface area (Å²) in [6.07, 6.45) is 3.03. The quantitative estimate of drug-likeness (QED) is 0.598. The zero-order valence-corrected chi connectivity index (χ0v) is 7.53. The van der Waals surface area contributed by atoms with Gasteiger partial charge in [0.2, 0.25) is 5.91 Å². The third-order valence-corrected chi connectivity index (χ3v) is 2.12. The van der Waals surface area contributed by atoms with Crippen LogP contribution in [0.5, 0.6) is 0 Å². The van der Waals surface area contributed by atoms with E-state index >= 15 is 0 Å². The summed E-state index contributed by atoms with van der Waals surface area (Å²) in [4.78, 5) is 10.9. The lowest BCUT2D eigenvalue weighted by Crippen LogP contribution is -2.44. The summed E-state index contributed by atoms with van der Waals surface area (Å²) >= 11 is 0. The number of carbonyl (C=O) groups is 1. The van der Waals surface area contributed by atoms with E-state index in [9.17, 15) is 4.79 Å². The number of aliphatic hydroxyl groups is 1. The molecule has 0 bridgehead atoms. The molecule has 1 aliphatic heterocycles. The van der Waals surface area contributed by atoms with Crippen molar-refractivity contribution >= 4 is 5.91 Å². The Balaban J connectivity index is 2.41. The molecule has 0 aliphatic carbocycles. The number of hydrogen-bond acceptors (Lipinski definition) is 3. The number of amides is 1. The molecule has 0 aromatic heterocycles. The van der Waals surface area contributed by atoms with E-state index in [-0.39, 0.29) is 24.7 Å². The Morgan fingerprint density at radius 1 is 1.85 bits per heavy atom. The Hall–Kier alpha value is -0.870. The minimum atomic E-state index is -0.298. The molecular weight excluding hydrogens is 170 g/mol. The lowest BCUT2D eigenvalue weighted by atomic mass is 10.1. The Kier molecular flexibility index (Phi) is 3.92. The molecule has 0 aromatic carbocycles. The van der Waals surface area contributed by atoms with Crippen molar-refractivity contribution in [3.05, 3.63) is 12.7 Å². The van der Waals surface area contributed by atoms with Crippen molar-refractivity contribution < 1.29 is 14.6 Å². The summed E-state index contributed by atoms with van der Waals surface area (Å²) in [6, 6.07) is -0.298. The second kappa shape index (κ2) is 4.99. The molecule has 1 aliphatic rings. The van der Waals surface area contributed by atoms with Crippen molar-refractivity contribution in [2.24, 2.45) is 0 Å². The average Bonchev–Trinajstić information content (AvgIpc) is 2.66. The van der Waals surface area contributed by atoms with Crippen molar-refractivity contribution in [1.82, 2.24) is 5.32 Å². The number of rotatable bonds is 4. The van der Waals surface area contributed by atoms with E-state index in [1.54, 1.807) is 0 Å². The van der Waals surface area contributed by atoms with Gasteiger partial charge in [-0.05, 0) is 18.9 Å². The molecule has 0 spiro atoms. The average molecular weight is 185 g/mol. The van der Waals surface area contributed by atoms with Crippen LogP contribution in [0.3, 0.4) is 0 Å². The molecule has 2 atom stereocenters. The number of carbonyl (C=O) groups excluding carboxylic acids is 1. The molecule has 0 saturated carbocycles. The molecule has 13 heavy (non-hydrogen) atoms. The zero-order valence-electron chi connectivity index (χ0n) is 7.53. The number of nitrogens with one attached hydrogen (secondary N) is 1. The Morgan fingerprint density at radius 3 is 3.08 bits per heavy atom. The third kappa shape index (κ3) is 2.82. The van der Waals surface area contributed by atoms with E-state index in [1.807, 2.05) is 0 Å². The Morgan fingerprint density at radius 2 is 2.62 bits per heavy atom. The van der Waals surface area contributed by atoms with Crippen LogP contribution in [0.4, 0.5) is 0 Å². The standard InChI is InChI=1S/C9H15NO3/c1-2-9(12)10-7(6-11)8-4-3-5-13-8/h2,7-8,11H,1,3-6H2,(H,10,12)/t7-,8+/m0/s1. The highest BCUT2D eigenvalue weighted by atomic mass is 16.5. The van der Waals surface area contributed by atoms with Crippen molar-refractivity contribution in [1.29, 1.82) is 0 Å². The zero-order chi connectivity index (χ0) is 9.68. The largest absolute Gasteiger partial charge is 0.394 e. The van der Waals surface area contributed by atoms with Gasteiger partial charge in [0.25, 0.3) is 0 Å². The first-order valence-corrected chi connectivity index (χ1v) is 4.43. The van der Waals surface area contributed by atoms with Gasteiger partial charge in [-0.3, -0.25) is 4.79 Å². The van der Waals surface area contributed by atoms with E-state index in [1.165, 1.54) is 6.08 Å². The summed E-state index contributed by atoms with van der Waals surface area (Å²) in [7, 11) is 0. The number of hydrogen-bond donors (Lipinski definition) is 2. The van der Waals surface area contributed by atoms with Crippen LogP contribution in [0.25, 0.3) is 0 Å². The maximum atomic E-state index is 10.9. The van der Waals surface area contributed by atoms with Crippen LogP contribution >= 0.6 is 0 Å². The summed E-state index contributed by atoms with van der Waals surface area (Å²) in [5, 5.41) is 11.6. The molecular formula is C9H15NO3. The summed E-state index contributed by atoms with van der Waals surface area (Å²) < 4.78 is 5.34. The van der Waals surface area contributed by atoms with Gasteiger partial charge in [-0.25, -0.2) is 0 Å². The number of ether oxygens (including phenoxy) is 1. The molecule has 1 rings (SSSR count). The van der Waals surface area contributed by atoms with Crippen LogP contribution in [0.1, 0.15) is 12.8 Å². The summed E-state index contributed by atoms with van der Waals surface area (Å²) in [5.74, 6) is -0.269. The summed E-state index contributed by atoms with van der Waals surface area (Å²) in [5.41, 5.74) is 0. The van der Waals surface area contributed by atoms with E-state index in [2.05, 4.69) is 11.9 Å². The lowest BCUT2D eigenvalue weighted by molar-refractivity contribution is -0.118. The fourth-order valence-corrected chi connectivity index (χ4v) is 1.42. The highest BCUT2D eigenvalue weighted by molar-refractivity contribution is 5.87. The highest BCUT2D eigenvalue weighted by Gasteiger charge is 2.25. The summed E-state index contributed by atoms with van der Waals surface area (Å²) in [6.45, 7) is 3.96. The Labute approximate surface area is 77.6 Å². The SMILES string of the molecule is C=CC(=O)N[C@@H](CO)[C@H]1CCCO1. The first-order chi connectivity index (χ1) is 6.27. The van der Waals surface area contributed by atoms with Gasteiger partial charge in [0.05, 0.1) is 18.8 Å². The minimum absolute atomic E-state index is 0.0473. The van der Waals surface area contributed by atoms with Crippen molar-refractivity contribution in [2.45, 2.75) is 25.0 Å². The second-order valence-electron chi connectivity index (χ2n) is 3.05. The molecule has 2 N–H and O–H groups in total. The van der Waals surface area contributed by atoms with Gasteiger partial charge in [-0.15, -0.1) is 0 Å². The smallest absolute Gasteiger partial charge is 0.243 e. The van der Waals surface area contributed by atoms with E-state index in [0.717, 1.165) is 12.8 Å². The van der Waals surface area contributed by atoms with Gasteiger partial charge in [0.15, 0.2) is 0 Å². The molecule has 0 radical (unpaired) electrons. The first-order valence-electron chi connectivity index (χ1n) is 4.43. The maximum Gasteiger partial charge on any atom is 0.243 e. The fourth-order valence-electron chi connectivity index (χ4n) is 1.42. The van der Waals surface area contributed by atoms with Gasteiger partial charge in [0.1, 0.15) is 0 Å². The minimum Gasteiger partial charge on any atom is -0.394 e. The van der Waals surface area contributed by atoms with E-state index in [0.29, 0.717) is 6.61 Å². The van der Waals surface area contributed by atoms with Crippen LogP contribution in [-0.4, -0.2) is 36.4 Å². The van der Waals surface area contributed by atoms with Crippen LogP contribution in [0.2, 0.25) is 0 Å². The van der Waals surface area contributed by atoms with Gasteiger partial charge < -0.3 is 15.2 Å². The molecule has 1 fully saturated rings. The van der Waals surface area contributed by atoms with E-state index < -0.39 is 0 Å². The second-order valence-corrected chi connectivity index (χ2v) is 3.05. The van der Waals surface area contributed by atoms with Gasteiger partial charge in [0, 0.05) is 6.61 Å². The molecule has 0 unspecified atom stereocenters. The fraction of sp³-hybridized carbons (Fsp3) is 0.667. The van der Waals surface area contributed by atoms with E-state index in [4.69, 9.17) is 9.84 Å². The van der Waals surface area contributed by atoms with Gasteiger partial charge >= 0.3 is 0 Å². The normalized spacial score (nSPS) is 23.9. The predicted molar refractivity (Wildman–Crippen MR) is 48.2 cm³/mol. The van der Waals surface area contributed by atoms with Gasteiger partial charge in [-0.1, -0.05) is 6.58 Å². The Bertz CT molecular complexity index is 187. The molecule has 1 saturated heterocycles. The van der Waals surface area contributed by atoms with Crippen LogP contribution in [0.15, 0.2) is 12.7 Å². The van der Waals surface area contributed by atoms with Crippen LogP contribution < -0.4 is 5.32 Å². The third-order valence-electron chi connectivity index (χ3n) is 2.12. The van der Waals surface area contributed by atoms with Crippen molar-refractivity contribution in [3.8, 4) is 0 Å². The van der Waals surface area contributed by atoms with Crippen LogP contribution in [0, 0.1) is 0 Å². The monoisotopic (exact) mass is 185 g/mol. The van der Waals surface area contributed by atoms with Crippen LogP contribution in [-0.2, 0) is 9.53 Å². The number of aliphatic hydroxyl groups excluding tert-OH is 1. The first kappa shape index (κ1) is 10.2.